The lowest BCUT2D eigenvalue weighted by Gasteiger charge is -2.21. The number of alkyl halides is 5. The first-order valence-corrected chi connectivity index (χ1v) is 4.98. The van der Waals surface area contributed by atoms with Gasteiger partial charge in [-0.15, -0.1) is 0 Å². The molecule has 0 aliphatic rings. The van der Waals surface area contributed by atoms with Crippen LogP contribution in [0.15, 0.2) is 0 Å². The van der Waals surface area contributed by atoms with Crippen LogP contribution in [0.25, 0.3) is 0 Å². The van der Waals surface area contributed by atoms with Crippen molar-refractivity contribution in [3.63, 3.8) is 0 Å². The highest BCUT2D eigenvalue weighted by atomic mass is 19.4. The molecule has 0 aromatic heterocycles. The van der Waals surface area contributed by atoms with E-state index in [-0.39, 0.29) is 0 Å². The van der Waals surface area contributed by atoms with Gasteiger partial charge < -0.3 is 15.2 Å². The molecule has 20 heavy (non-hydrogen) atoms. The smallest absolute Gasteiger partial charge is 0.463 e. The highest BCUT2D eigenvalue weighted by Gasteiger charge is 2.63. The fourth-order valence-electron chi connectivity index (χ4n) is 0.999. The van der Waals surface area contributed by atoms with E-state index >= 15 is 0 Å². The summed E-state index contributed by atoms with van der Waals surface area (Å²) < 4.78 is 64.9. The Kier molecular flexibility index (Phi) is 5.85. The maximum Gasteiger partial charge on any atom is 0.463 e. The molecule has 6 nitrogen and oxygen atoms in total. The topological polar surface area (TPSA) is 92.7 Å². The number of methoxy groups -OCH3 is 1. The number of amides is 1. The van der Waals surface area contributed by atoms with Gasteiger partial charge in [0.25, 0.3) is 0 Å². The second-order valence-electron chi connectivity index (χ2n) is 3.55. The third-order valence-corrected chi connectivity index (χ3v) is 2.11. The first-order valence-electron chi connectivity index (χ1n) is 4.98. The summed E-state index contributed by atoms with van der Waals surface area (Å²) in [6.45, 7) is 0. The van der Waals surface area contributed by atoms with Gasteiger partial charge in [0.15, 0.2) is 0 Å². The molecule has 116 valence electrons. The molecule has 0 fully saturated rings. The van der Waals surface area contributed by atoms with E-state index in [1.165, 1.54) is 0 Å². The third-order valence-electron chi connectivity index (χ3n) is 2.11. The van der Waals surface area contributed by atoms with Gasteiger partial charge in [-0.3, -0.25) is 9.59 Å². The zero-order valence-electron chi connectivity index (χ0n) is 9.96. The Hall–Kier alpha value is -1.94. The number of aliphatic carboxylic acids is 1. The lowest BCUT2D eigenvalue weighted by atomic mass is 10.1. The van der Waals surface area contributed by atoms with Crippen LogP contribution in [0, 0.1) is 0 Å². The summed E-state index contributed by atoms with van der Waals surface area (Å²) in [5.41, 5.74) is 0. The number of carboxylic acids is 1. The summed E-state index contributed by atoms with van der Waals surface area (Å²) in [4.78, 5) is 32.1. The maximum absolute atomic E-state index is 12.6. The van der Waals surface area contributed by atoms with E-state index in [0.29, 0.717) is 0 Å². The molecule has 0 aliphatic heterocycles. The Morgan fingerprint density at radius 2 is 1.70 bits per heavy atom. The molecule has 0 aromatic rings. The largest absolute Gasteiger partial charge is 0.480 e. The van der Waals surface area contributed by atoms with Gasteiger partial charge in [-0.1, -0.05) is 0 Å². The first kappa shape index (κ1) is 18.1. The van der Waals surface area contributed by atoms with Crippen LogP contribution in [0.1, 0.15) is 12.8 Å². The summed E-state index contributed by atoms with van der Waals surface area (Å²) in [6, 6.07) is -2.07. The number of esters is 1. The van der Waals surface area contributed by atoms with Crippen LogP contribution in [0.5, 0.6) is 0 Å². The van der Waals surface area contributed by atoms with Gasteiger partial charge in [-0.25, -0.2) is 4.79 Å². The molecule has 0 radical (unpaired) electrons. The third kappa shape index (κ3) is 4.63. The van der Waals surface area contributed by atoms with Crippen molar-refractivity contribution in [1.82, 2.24) is 5.32 Å². The summed E-state index contributed by atoms with van der Waals surface area (Å²) in [5, 5.41) is 9.61. The molecule has 0 aliphatic carbocycles. The molecule has 2 N–H and O–H groups in total. The van der Waals surface area contributed by atoms with Crippen LogP contribution in [0.2, 0.25) is 0 Å². The van der Waals surface area contributed by atoms with Gasteiger partial charge in [-0.2, -0.15) is 22.0 Å². The van der Waals surface area contributed by atoms with Gasteiger partial charge in [-0.05, 0) is 6.42 Å². The number of ether oxygens (including phenoxy) is 1. The summed E-state index contributed by atoms with van der Waals surface area (Å²) in [5.74, 6) is -11.3. The number of halogens is 5. The number of hydrogen-bond donors (Lipinski definition) is 2. The van der Waals surface area contributed by atoms with Crippen molar-refractivity contribution < 1.29 is 46.2 Å². The molecule has 1 unspecified atom stereocenters. The van der Waals surface area contributed by atoms with Crippen LogP contribution >= 0.6 is 0 Å². The van der Waals surface area contributed by atoms with Crippen molar-refractivity contribution >= 4 is 17.8 Å². The number of carbonyl (C=O) groups excluding carboxylic acids is 2. The molecule has 0 saturated carbocycles. The van der Waals surface area contributed by atoms with E-state index in [1.54, 1.807) is 0 Å². The second-order valence-corrected chi connectivity index (χ2v) is 3.55. The lowest BCUT2D eigenvalue weighted by molar-refractivity contribution is -0.270. The Morgan fingerprint density at radius 3 is 2.05 bits per heavy atom. The molecule has 0 heterocycles. The number of hydrogen-bond acceptors (Lipinski definition) is 4. The number of nitrogens with one attached hydrogen (secondary N) is 1. The molecule has 0 rings (SSSR count). The molecule has 0 saturated heterocycles. The van der Waals surface area contributed by atoms with E-state index in [2.05, 4.69) is 4.74 Å². The maximum atomic E-state index is 12.6. The van der Waals surface area contributed by atoms with Crippen molar-refractivity contribution in [2.45, 2.75) is 31.0 Å². The second kappa shape index (κ2) is 6.48. The molecule has 1 amide bonds. The van der Waals surface area contributed by atoms with Crippen LogP contribution < -0.4 is 5.32 Å². The van der Waals surface area contributed by atoms with Gasteiger partial charge in [0.05, 0.1) is 7.11 Å². The Bertz CT molecular complexity index is 395. The van der Waals surface area contributed by atoms with E-state index < -0.39 is 48.8 Å². The standard InChI is InChI=1S/C9H10F5NO5/c1-20-5(16)3-2-4(6(17)18)15-7(19)8(10,11)9(12,13)14/h4H,2-3H2,1H3,(H,15,19)(H,17,18). The average Bonchev–Trinajstić information content (AvgIpc) is 2.31. The van der Waals surface area contributed by atoms with E-state index in [9.17, 15) is 36.3 Å². The molecular weight excluding hydrogens is 297 g/mol. The minimum Gasteiger partial charge on any atom is -0.480 e. The summed E-state index contributed by atoms with van der Waals surface area (Å²) >= 11 is 0. The van der Waals surface area contributed by atoms with Gasteiger partial charge in [0, 0.05) is 6.42 Å². The first-order chi connectivity index (χ1) is 8.93. The Morgan fingerprint density at radius 1 is 1.20 bits per heavy atom. The van der Waals surface area contributed by atoms with E-state index in [0.717, 1.165) is 12.4 Å². The highest BCUT2D eigenvalue weighted by molar-refractivity contribution is 5.88. The molecule has 0 spiro atoms. The summed E-state index contributed by atoms with van der Waals surface area (Å²) in [7, 11) is 0.967. The van der Waals surface area contributed by atoms with E-state index in [1.807, 2.05) is 0 Å². The van der Waals surface area contributed by atoms with Crippen LogP contribution in [0.4, 0.5) is 22.0 Å². The van der Waals surface area contributed by atoms with E-state index in [4.69, 9.17) is 5.11 Å². The minimum absolute atomic E-state index is 0.578. The number of carbonyl (C=O) groups is 3. The van der Waals surface area contributed by atoms with Crippen LogP contribution in [0.3, 0.4) is 0 Å². The number of carboxylic acid groups (broad SMARTS) is 1. The lowest BCUT2D eigenvalue weighted by Crippen LogP contribution is -2.54. The highest BCUT2D eigenvalue weighted by Crippen LogP contribution is 2.35. The predicted molar refractivity (Wildman–Crippen MR) is 51.8 cm³/mol. The molecule has 1 atom stereocenters. The SMILES string of the molecule is COC(=O)CCC(NC(=O)C(F)(F)C(F)(F)F)C(=O)O. The Labute approximate surface area is 108 Å². The van der Waals surface area contributed by atoms with Crippen LogP contribution in [-0.4, -0.2) is 48.2 Å². The van der Waals surface area contributed by atoms with Gasteiger partial charge >= 0.3 is 29.9 Å². The van der Waals surface area contributed by atoms with Crippen molar-refractivity contribution in [2.24, 2.45) is 0 Å². The molecule has 0 aromatic carbocycles. The van der Waals surface area contributed by atoms with Crippen molar-refractivity contribution in [1.29, 1.82) is 0 Å². The fourth-order valence-corrected chi connectivity index (χ4v) is 0.999. The van der Waals surface area contributed by atoms with Crippen molar-refractivity contribution in [2.75, 3.05) is 7.11 Å². The average molecular weight is 307 g/mol. The predicted octanol–water partition coefficient (Wildman–Crippen LogP) is 0.707. The van der Waals surface area contributed by atoms with Gasteiger partial charge in [0.1, 0.15) is 6.04 Å². The molecule has 11 heteroatoms. The van der Waals surface area contributed by atoms with Crippen LogP contribution in [-0.2, 0) is 19.1 Å². The monoisotopic (exact) mass is 307 g/mol. The normalized spacial score (nSPS) is 13.5. The van der Waals surface area contributed by atoms with Gasteiger partial charge in [0.2, 0.25) is 0 Å². The minimum atomic E-state index is -6.15. The Balaban J connectivity index is 4.81. The number of rotatable bonds is 6. The molecular formula is C9H10F5NO5. The fraction of sp³-hybridized carbons (Fsp3) is 0.667. The zero-order valence-corrected chi connectivity index (χ0v) is 9.96. The molecule has 0 bridgehead atoms. The summed E-state index contributed by atoms with van der Waals surface area (Å²) in [6.07, 6.45) is -7.42. The quantitative estimate of drug-likeness (QED) is 0.557. The van der Waals surface area contributed by atoms with Crippen molar-refractivity contribution in [3.05, 3.63) is 0 Å². The zero-order chi connectivity index (χ0) is 16.1. The van der Waals surface area contributed by atoms with Crippen molar-refractivity contribution in [3.8, 4) is 0 Å².